The van der Waals surface area contributed by atoms with Gasteiger partial charge in [0.05, 0.1) is 13.5 Å². The van der Waals surface area contributed by atoms with E-state index in [-0.39, 0.29) is 17.7 Å². The molecule has 3 unspecified atom stereocenters. The highest BCUT2D eigenvalue weighted by Crippen LogP contribution is 2.46. The lowest BCUT2D eigenvalue weighted by Gasteiger charge is -2.15. The molecule has 2 saturated carbocycles. The van der Waals surface area contributed by atoms with E-state index in [0.717, 1.165) is 6.42 Å². The van der Waals surface area contributed by atoms with Gasteiger partial charge in [0.15, 0.2) is 0 Å². The summed E-state index contributed by atoms with van der Waals surface area (Å²) in [5.74, 6) is 1.05. The molecule has 0 heterocycles. The number of hydrogen-bond acceptors (Lipinski definition) is 3. The molecule has 0 amide bonds. The molecule has 78 valence electrons. The Bertz CT molecular complexity index is 259. The number of Topliss-reactive ketones (excluding diaryl/α,β-unsaturated/α-hetero) is 1. The van der Waals surface area contributed by atoms with Gasteiger partial charge in [-0.15, -0.1) is 0 Å². The van der Waals surface area contributed by atoms with Crippen molar-refractivity contribution in [1.82, 2.24) is 0 Å². The van der Waals surface area contributed by atoms with Crippen LogP contribution in [-0.4, -0.2) is 18.9 Å². The lowest BCUT2D eigenvalue weighted by molar-refractivity contribution is -0.143. The number of carbonyl (C=O) groups excluding carboxylic acids is 2. The van der Waals surface area contributed by atoms with E-state index in [4.69, 9.17) is 0 Å². The zero-order valence-electron chi connectivity index (χ0n) is 8.49. The average Bonchev–Trinajstić information content (AvgIpc) is 2.70. The monoisotopic (exact) mass is 196 g/mol. The first-order valence-electron chi connectivity index (χ1n) is 5.32. The third-order valence-electron chi connectivity index (χ3n) is 3.73. The Morgan fingerprint density at radius 3 is 3.00 bits per heavy atom. The highest BCUT2D eigenvalue weighted by Gasteiger charge is 2.45. The molecule has 0 radical (unpaired) electrons. The molecule has 2 rings (SSSR count). The van der Waals surface area contributed by atoms with E-state index >= 15 is 0 Å². The molecule has 0 spiro atoms. The molecule has 2 fully saturated rings. The fraction of sp³-hybridized carbons (Fsp3) is 0.818. The van der Waals surface area contributed by atoms with Crippen LogP contribution in [0.4, 0.5) is 0 Å². The van der Waals surface area contributed by atoms with Gasteiger partial charge in [0.1, 0.15) is 5.78 Å². The van der Waals surface area contributed by atoms with Gasteiger partial charge in [-0.1, -0.05) is 6.42 Å². The summed E-state index contributed by atoms with van der Waals surface area (Å²) in [6, 6.07) is 0. The van der Waals surface area contributed by atoms with Crippen LogP contribution in [0.1, 0.15) is 32.1 Å². The Kier molecular flexibility index (Phi) is 2.57. The van der Waals surface area contributed by atoms with E-state index in [2.05, 4.69) is 4.74 Å². The molecule has 0 N–H and O–H groups in total. The van der Waals surface area contributed by atoms with Crippen molar-refractivity contribution in [3.63, 3.8) is 0 Å². The maximum atomic E-state index is 11.6. The molecule has 0 bridgehead atoms. The van der Waals surface area contributed by atoms with Crippen molar-refractivity contribution >= 4 is 11.8 Å². The zero-order chi connectivity index (χ0) is 10.1. The maximum absolute atomic E-state index is 11.6. The van der Waals surface area contributed by atoms with Crippen LogP contribution in [0.15, 0.2) is 0 Å². The largest absolute Gasteiger partial charge is 0.469 e. The van der Waals surface area contributed by atoms with Crippen LogP contribution in [0.3, 0.4) is 0 Å². The van der Waals surface area contributed by atoms with Crippen LogP contribution in [0.5, 0.6) is 0 Å². The number of rotatable bonds is 2. The number of ketones is 1. The number of fused-ring (bicyclic) bond motifs is 1. The lowest BCUT2D eigenvalue weighted by atomic mass is 9.89. The first kappa shape index (κ1) is 9.69. The van der Waals surface area contributed by atoms with Gasteiger partial charge < -0.3 is 4.74 Å². The number of carbonyl (C=O) groups is 2. The second-order valence-corrected chi connectivity index (χ2v) is 4.41. The summed E-state index contributed by atoms with van der Waals surface area (Å²) in [5.41, 5.74) is 0. The lowest BCUT2D eigenvalue weighted by Crippen LogP contribution is -2.19. The van der Waals surface area contributed by atoms with Crippen LogP contribution in [-0.2, 0) is 14.3 Å². The predicted molar refractivity (Wildman–Crippen MR) is 50.6 cm³/mol. The summed E-state index contributed by atoms with van der Waals surface area (Å²) in [4.78, 5) is 22.8. The normalized spacial score (nSPS) is 35.8. The molecule has 3 atom stereocenters. The summed E-state index contributed by atoms with van der Waals surface area (Å²) >= 11 is 0. The second kappa shape index (κ2) is 3.71. The molecule has 3 heteroatoms. The summed E-state index contributed by atoms with van der Waals surface area (Å²) in [6.07, 6.45) is 4.52. The molecular weight excluding hydrogens is 180 g/mol. The van der Waals surface area contributed by atoms with Crippen LogP contribution in [0.25, 0.3) is 0 Å². The summed E-state index contributed by atoms with van der Waals surface area (Å²) < 4.78 is 4.62. The van der Waals surface area contributed by atoms with Gasteiger partial charge >= 0.3 is 5.97 Å². The van der Waals surface area contributed by atoms with Crippen molar-refractivity contribution in [2.75, 3.05) is 7.11 Å². The molecule has 2 aliphatic carbocycles. The maximum Gasteiger partial charge on any atom is 0.306 e. The highest BCUT2D eigenvalue weighted by molar-refractivity contribution is 5.87. The minimum absolute atomic E-state index is 0.0325. The van der Waals surface area contributed by atoms with Crippen LogP contribution >= 0.6 is 0 Å². The van der Waals surface area contributed by atoms with Crippen molar-refractivity contribution in [2.24, 2.45) is 17.8 Å². The Labute approximate surface area is 83.8 Å². The standard InChI is InChI=1S/C11H16O3/c1-14-11(13)6-9-8-4-2-3-7(8)5-10(9)12/h7-9H,2-6H2,1H3. The Morgan fingerprint density at radius 1 is 1.50 bits per heavy atom. The van der Waals surface area contributed by atoms with Crippen molar-refractivity contribution in [2.45, 2.75) is 32.1 Å². The molecule has 0 saturated heterocycles. The van der Waals surface area contributed by atoms with Crippen molar-refractivity contribution < 1.29 is 14.3 Å². The third kappa shape index (κ3) is 1.56. The predicted octanol–water partition coefficient (Wildman–Crippen LogP) is 1.55. The highest BCUT2D eigenvalue weighted by atomic mass is 16.5. The first-order chi connectivity index (χ1) is 6.72. The van der Waals surface area contributed by atoms with Gasteiger partial charge in [0, 0.05) is 12.3 Å². The number of methoxy groups -OCH3 is 1. The number of esters is 1. The van der Waals surface area contributed by atoms with Crippen LogP contribution < -0.4 is 0 Å². The Morgan fingerprint density at radius 2 is 2.29 bits per heavy atom. The average molecular weight is 196 g/mol. The molecular formula is C11H16O3. The first-order valence-corrected chi connectivity index (χ1v) is 5.32. The quantitative estimate of drug-likeness (QED) is 0.629. The molecule has 0 aromatic rings. The number of hydrogen-bond donors (Lipinski definition) is 0. The van der Waals surface area contributed by atoms with Gasteiger partial charge in [-0.2, -0.15) is 0 Å². The van der Waals surface area contributed by atoms with E-state index in [1.165, 1.54) is 20.0 Å². The van der Waals surface area contributed by atoms with Crippen molar-refractivity contribution in [3.8, 4) is 0 Å². The minimum atomic E-state index is -0.240. The molecule has 0 aromatic heterocycles. The molecule has 0 aliphatic heterocycles. The topological polar surface area (TPSA) is 43.4 Å². The number of ether oxygens (including phenoxy) is 1. The van der Waals surface area contributed by atoms with Crippen molar-refractivity contribution in [1.29, 1.82) is 0 Å². The fourth-order valence-corrected chi connectivity index (χ4v) is 3.03. The van der Waals surface area contributed by atoms with E-state index in [9.17, 15) is 9.59 Å². The zero-order valence-corrected chi connectivity index (χ0v) is 8.49. The van der Waals surface area contributed by atoms with Crippen molar-refractivity contribution in [3.05, 3.63) is 0 Å². The van der Waals surface area contributed by atoms with Gasteiger partial charge in [-0.3, -0.25) is 9.59 Å². The van der Waals surface area contributed by atoms with Gasteiger partial charge in [-0.25, -0.2) is 0 Å². The summed E-state index contributed by atoms with van der Waals surface area (Å²) in [5, 5.41) is 0. The van der Waals surface area contributed by atoms with E-state index in [1.807, 2.05) is 0 Å². The Hall–Kier alpha value is -0.860. The molecule has 14 heavy (non-hydrogen) atoms. The smallest absolute Gasteiger partial charge is 0.306 e. The van der Waals surface area contributed by atoms with Gasteiger partial charge in [-0.05, 0) is 24.7 Å². The van der Waals surface area contributed by atoms with Gasteiger partial charge in [0.25, 0.3) is 0 Å². The Balaban J connectivity index is 2.02. The minimum Gasteiger partial charge on any atom is -0.469 e. The SMILES string of the molecule is COC(=O)CC1C(=O)CC2CCCC21. The molecule has 3 nitrogen and oxygen atoms in total. The van der Waals surface area contributed by atoms with Crippen LogP contribution in [0, 0.1) is 17.8 Å². The van der Waals surface area contributed by atoms with Crippen LogP contribution in [0.2, 0.25) is 0 Å². The van der Waals surface area contributed by atoms with E-state index in [0.29, 0.717) is 24.7 Å². The van der Waals surface area contributed by atoms with E-state index in [1.54, 1.807) is 0 Å². The molecule has 0 aromatic carbocycles. The fourth-order valence-electron chi connectivity index (χ4n) is 3.03. The second-order valence-electron chi connectivity index (χ2n) is 4.41. The van der Waals surface area contributed by atoms with Gasteiger partial charge in [0.2, 0.25) is 0 Å². The molecule has 2 aliphatic rings. The summed E-state index contributed by atoms with van der Waals surface area (Å²) in [7, 11) is 1.38. The third-order valence-corrected chi connectivity index (χ3v) is 3.73. The summed E-state index contributed by atoms with van der Waals surface area (Å²) in [6.45, 7) is 0. The van der Waals surface area contributed by atoms with E-state index < -0.39 is 0 Å².